The monoisotopic (exact) mass is 511 g/mol. The number of methoxy groups -OCH3 is 1. The Morgan fingerprint density at radius 2 is 1.82 bits per heavy atom. The third kappa shape index (κ3) is 5.91. The van der Waals surface area contributed by atoms with Gasteiger partial charge in [0, 0.05) is 36.8 Å². The summed E-state index contributed by atoms with van der Waals surface area (Å²) in [6.45, 7) is 1.61. The van der Waals surface area contributed by atoms with Gasteiger partial charge < -0.3 is 20.5 Å². The van der Waals surface area contributed by atoms with Gasteiger partial charge in [0.15, 0.2) is 5.96 Å². The minimum Gasteiger partial charge on any atom is -0.386 e. The lowest BCUT2D eigenvalue weighted by Crippen LogP contribution is -2.39. The minimum absolute atomic E-state index is 0. The van der Waals surface area contributed by atoms with Crippen molar-refractivity contribution in [1.82, 2.24) is 10.6 Å². The maximum Gasteiger partial charge on any atom is 0.191 e. The molecule has 0 fully saturated rings. The Hall–Kier alpha value is -1.68. The van der Waals surface area contributed by atoms with E-state index < -0.39 is 6.10 Å². The first-order chi connectivity index (χ1) is 13.2. The van der Waals surface area contributed by atoms with Crippen molar-refractivity contribution in [2.75, 3.05) is 20.7 Å². The Kier molecular flexibility index (Phi) is 9.17. The number of aliphatic imine (C=N–C) groups is 1. The molecule has 0 saturated heterocycles. The largest absolute Gasteiger partial charge is 0.386 e. The fourth-order valence-electron chi connectivity index (χ4n) is 2.89. The molecule has 3 aromatic rings. The van der Waals surface area contributed by atoms with E-state index in [4.69, 9.17) is 4.74 Å². The summed E-state index contributed by atoms with van der Waals surface area (Å²) in [4.78, 5) is 5.19. The van der Waals surface area contributed by atoms with Gasteiger partial charge in [0.05, 0.1) is 6.61 Å². The van der Waals surface area contributed by atoms with Crippen LogP contribution in [0.4, 0.5) is 0 Å². The molecule has 5 nitrogen and oxygen atoms in total. The lowest BCUT2D eigenvalue weighted by atomic mass is 10.1. The number of aliphatic hydroxyl groups is 1. The van der Waals surface area contributed by atoms with Gasteiger partial charge in [-0.2, -0.15) is 0 Å². The van der Waals surface area contributed by atoms with E-state index in [1.54, 1.807) is 25.5 Å². The van der Waals surface area contributed by atoms with E-state index in [-0.39, 0.29) is 24.0 Å². The maximum atomic E-state index is 10.5. The number of fused-ring (bicyclic) bond motifs is 1. The Bertz CT molecular complexity index is 880. The molecule has 0 aliphatic rings. The summed E-state index contributed by atoms with van der Waals surface area (Å²) in [5, 5.41) is 18.2. The number of hydrogen-bond acceptors (Lipinski definition) is 4. The number of halogens is 1. The molecule has 7 heteroatoms. The summed E-state index contributed by atoms with van der Waals surface area (Å²) in [7, 11) is 3.42. The summed E-state index contributed by atoms with van der Waals surface area (Å²) in [5.41, 5.74) is 2.31. The number of nitrogens with zero attached hydrogens (tertiary/aromatic N) is 1. The van der Waals surface area contributed by atoms with E-state index >= 15 is 0 Å². The molecule has 1 unspecified atom stereocenters. The van der Waals surface area contributed by atoms with Crippen LogP contribution in [0.15, 0.2) is 59.6 Å². The van der Waals surface area contributed by atoms with Gasteiger partial charge in [-0.1, -0.05) is 42.5 Å². The summed E-state index contributed by atoms with van der Waals surface area (Å²) in [5.74, 6) is 0.655. The van der Waals surface area contributed by atoms with Crippen molar-refractivity contribution >= 4 is 51.4 Å². The number of hydrogen-bond donors (Lipinski definition) is 3. The van der Waals surface area contributed by atoms with Gasteiger partial charge in [-0.25, -0.2) is 0 Å². The summed E-state index contributed by atoms with van der Waals surface area (Å²) in [6.07, 6.45) is -0.582. The fourth-order valence-corrected chi connectivity index (χ4v) is 3.94. The van der Waals surface area contributed by atoms with Crippen LogP contribution in [0.1, 0.15) is 22.1 Å². The molecule has 2 aromatic carbocycles. The van der Waals surface area contributed by atoms with E-state index in [0.29, 0.717) is 25.7 Å². The summed E-state index contributed by atoms with van der Waals surface area (Å²) in [6, 6.07) is 18.3. The second-order valence-electron chi connectivity index (χ2n) is 6.21. The van der Waals surface area contributed by atoms with Crippen LogP contribution in [0, 0.1) is 0 Å². The zero-order valence-electron chi connectivity index (χ0n) is 16.0. The molecule has 0 aliphatic heterocycles. The lowest BCUT2D eigenvalue weighted by molar-refractivity contribution is 0.184. The Balaban J connectivity index is 0.00000280. The van der Waals surface area contributed by atoms with Gasteiger partial charge in [-0.3, -0.25) is 4.99 Å². The third-order valence-electron chi connectivity index (χ3n) is 4.32. The highest BCUT2D eigenvalue weighted by Crippen LogP contribution is 2.29. The molecule has 3 rings (SSSR count). The molecule has 0 radical (unpaired) electrons. The van der Waals surface area contributed by atoms with E-state index in [1.165, 1.54) is 4.70 Å². The van der Waals surface area contributed by atoms with Gasteiger partial charge in [-0.05, 0) is 28.6 Å². The normalized spacial score (nSPS) is 12.5. The average Bonchev–Trinajstić information content (AvgIpc) is 3.13. The van der Waals surface area contributed by atoms with Crippen LogP contribution >= 0.6 is 35.3 Å². The fraction of sp³-hybridized carbons (Fsp3) is 0.286. The van der Waals surface area contributed by atoms with Crippen molar-refractivity contribution in [3.8, 4) is 0 Å². The molecule has 1 heterocycles. The number of aliphatic hydroxyl groups excluding tert-OH is 1. The first-order valence-corrected chi connectivity index (χ1v) is 9.69. The highest BCUT2D eigenvalue weighted by Gasteiger charge is 2.12. The van der Waals surface area contributed by atoms with Crippen molar-refractivity contribution in [3.63, 3.8) is 0 Å². The van der Waals surface area contributed by atoms with Crippen LogP contribution in [0.25, 0.3) is 10.1 Å². The molecule has 150 valence electrons. The number of nitrogens with one attached hydrogen (secondary N) is 2. The SMILES string of the molecule is CN=C(NCc1ccccc1COC)NCC(O)c1cc2ccccc2s1.I. The van der Waals surface area contributed by atoms with Crippen molar-refractivity contribution in [2.45, 2.75) is 19.3 Å². The van der Waals surface area contributed by atoms with Crippen molar-refractivity contribution in [2.24, 2.45) is 4.99 Å². The first kappa shape index (κ1) is 22.6. The molecule has 28 heavy (non-hydrogen) atoms. The molecule has 0 amide bonds. The molecule has 0 saturated carbocycles. The van der Waals surface area contributed by atoms with E-state index in [0.717, 1.165) is 21.4 Å². The third-order valence-corrected chi connectivity index (χ3v) is 5.54. The van der Waals surface area contributed by atoms with Crippen LogP contribution in [0.5, 0.6) is 0 Å². The number of guanidine groups is 1. The van der Waals surface area contributed by atoms with E-state index in [2.05, 4.69) is 39.9 Å². The molecular weight excluding hydrogens is 485 g/mol. The van der Waals surface area contributed by atoms with Crippen LogP contribution < -0.4 is 10.6 Å². The Labute approximate surface area is 186 Å². The molecule has 1 aromatic heterocycles. The molecule has 0 spiro atoms. The standard InChI is InChI=1S/C21H25N3O2S.HI/c1-22-21(23-12-16-8-3-4-9-17(16)14-26-2)24-13-18(25)20-11-15-7-5-6-10-19(15)27-20;/h3-11,18,25H,12-14H2,1-2H3,(H2,22,23,24);1H. The van der Waals surface area contributed by atoms with Crippen molar-refractivity contribution in [3.05, 3.63) is 70.6 Å². The second-order valence-corrected chi connectivity index (χ2v) is 7.33. The minimum atomic E-state index is -0.582. The van der Waals surface area contributed by atoms with E-state index in [9.17, 15) is 5.11 Å². The molecular formula is C21H26IN3O2S. The van der Waals surface area contributed by atoms with E-state index in [1.807, 2.05) is 30.3 Å². The molecule has 0 bridgehead atoms. The zero-order chi connectivity index (χ0) is 19.1. The number of benzene rings is 2. The van der Waals surface area contributed by atoms with Crippen LogP contribution in [-0.2, 0) is 17.9 Å². The number of rotatable bonds is 7. The van der Waals surface area contributed by atoms with Crippen LogP contribution in [-0.4, -0.2) is 31.8 Å². The summed E-state index contributed by atoms with van der Waals surface area (Å²) < 4.78 is 6.43. The lowest BCUT2D eigenvalue weighted by Gasteiger charge is -2.16. The highest BCUT2D eigenvalue weighted by molar-refractivity contribution is 14.0. The number of ether oxygens (including phenoxy) is 1. The molecule has 1 atom stereocenters. The second kappa shape index (κ2) is 11.4. The average molecular weight is 511 g/mol. The quantitative estimate of drug-likeness (QED) is 0.254. The zero-order valence-corrected chi connectivity index (χ0v) is 19.2. The molecule has 0 aliphatic carbocycles. The van der Waals surface area contributed by atoms with Crippen LogP contribution in [0.3, 0.4) is 0 Å². The topological polar surface area (TPSA) is 65.9 Å². The van der Waals surface area contributed by atoms with Crippen LogP contribution in [0.2, 0.25) is 0 Å². The highest BCUT2D eigenvalue weighted by atomic mass is 127. The predicted molar refractivity (Wildman–Crippen MR) is 128 cm³/mol. The van der Waals surface area contributed by atoms with Gasteiger partial charge in [0.25, 0.3) is 0 Å². The van der Waals surface area contributed by atoms with Gasteiger partial charge in [-0.15, -0.1) is 35.3 Å². The van der Waals surface area contributed by atoms with Crippen molar-refractivity contribution in [1.29, 1.82) is 0 Å². The van der Waals surface area contributed by atoms with Gasteiger partial charge in [0.1, 0.15) is 6.10 Å². The smallest absolute Gasteiger partial charge is 0.191 e. The van der Waals surface area contributed by atoms with Gasteiger partial charge >= 0.3 is 0 Å². The number of thiophene rings is 1. The predicted octanol–water partition coefficient (Wildman–Crippen LogP) is 4.06. The Morgan fingerprint density at radius 3 is 2.54 bits per heavy atom. The first-order valence-electron chi connectivity index (χ1n) is 8.88. The Morgan fingerprint density at radius 1 is 1.11 bits per heavy atom. The van der Waals surface area contributed by atoms with Gasteiger partial charge in [0.2, 0.25) is 0 Å². The maximum absolute atomic E-state index is 10.5. The van der Waals surface area contributed by atoms with Crippen molar-refractivity contribution < 1.29 is 9.84 Å². The molecule has 3 N–H and O–H groups in total. The summed E-state index contributed by atoms with van der Waals surface area (Å²) >= 11 is 1.62.